The van der Waals surface area contributed by atoms with E-state index in [-0.39, 0.29) is 16.6 Å². The molecule has 0 aliphatic carbocycles. The summed E-state index contributed by atoms with van der Waals surface area (Å²) in [6.07, 6.45) is 0. The molecule has 4 nitrogen and oxygen atoms in total. The molecule has 0 fully saturated rings. The molecule has 17 heavy (non-hydrogen) atoms. The fourth-order valence-electron chi connectivity index (χ4n) is 1.59. The monoisotopic (exact) mass is 264 g/mol. The van der Waals surface area contributed by atoms with Crippen LogP contribution in [0.2, 0.25) is 0 Å². The molecule has 0 amide bonds. The van der Waals surface area contributed by atoms with E-state index in [1.807, 2.05) is 41.5 Å². The predicted molar refractivity (Wildman–Crippen MR) is 73.3 cm³/mol. The molecule has 0 aromatic heterocycles. The van der Waals surface area contributed by atoms with Gasteiger partial charge in [0, 0.05) is 13.1 Å². The van der Waals surface area contributed by atoms with E-state index >= 15 is 0 Å². The average Bonchev–Trinajstić information content (AvgIpc) is 2.10. The second-order valence-electron chi connectivity index (χ2n) is 6.61. The first kappa shape index (κ1) is 16.9. The lowest BCUT2D eigenvalue weighted by molar-refractivity contribution is 0.270. The summed E-state index contributed by atoms with van der Waals surface area (Å²) in [5.74, 6) is 0.175. The fraction of sp³-hybridized carbons (Fsp3) is 1.00. The highest BCUT2D eigenvalue weighted by Gasteiger charge is 2.30. The summed E-state index contributed by atoms with van der Waals surface area (Å²) in [5.41, 5.74) is 5.26. The highest BCUT2D eigenvalue weighted by atomic mass is 32.2. The van der Waals surface area contributed by atoms with Crippen molar-refractivity contribution in [3.63, 3.8) is 0 Å². The SMILES string of the molecule is CCN(CC(C)(C)CN)S(=O)(=O)CC(C)(C)C. The Morgan fingerprint density at radius 3 is 1.88 bits per heavy atom. The summed E-state index contributed by atoms with van der Waals surface area (Å²) in [4.78, 5) is 0. The molecule has 0 aliphatic rings. The van der Waals surface area contributed by atoms with Crippen LogP contribution in [0.25, 0.3) is 0 Å². The molecule has 2 N–H and O–H groups in total. The van der Waals surface area contributed by atoms with Crippen LogP contribution in [-0.4, -0.2) is 38.1 Å². The first-order valence-corrected chi connectivity index (χ1v) is 7.72. The Hall–Kier alpha value is -0.130. The molecular formula is C12H28N2O2S. The van der Waals surface area contributed by atoms with Crippen molar-refractivity contribution in [3.05, 3.63) is 0 Å². The van der Waals surface area contributed by atoms with Crippen LogP contribution < -0.4 is 5.73 Å². The molecule has 0 heterocycles. The second-order valence-corrected chi connectivity index (χ2v) is 8.58. The predicted octanol–water partition coefficient (Wildman–Crippen LogP) is 1.67. The fourth-order valence-corrected chi connectivity index (χ4v) is 3.80. The third kappa shape index (κ3) is 6.38. The summed E-state index contributed by atoms with van der Waals surface area (Å²) >= 11 is 0. The molecule has 0 aromatic rings. The van der Waals surface area contributed by atoms with Gasteiger partial charge in [-0.1, -0.05) is 41.5 Å². The Bertz CT molecular complexity index is 329. The van der Waals surface area contributed by atoms with Crippen LogP contribution in [0.1, 0.15) is 41.5 Å². The highest BCUT2D eigenvalue weighted by Crippen LogP contribution is 2.22. The van der Waals surface area contributed by atoms with E-state index in [0.29, 0.717) is 19.6 Å². The summed E-state index contributed by atoms with van der Waals surface area (Å²) in [6.45, 7) is 13.1. The maximum Gasteiger partial charge on any atom is 0.214 e. The van der Waals surface area contributed by atoms with Gasteiger partial charge in [0.15, 0.2) is 0 Å². The van der Waals surface area contributed by atoms with Crippen molar-refractivity contribution >= 4 is 10.0 Å². The molecule has 5 heteroatoms. The molecular weight excluding hydrogens is 236 g/mol. The Morgan fingerprint density at radius 2 is 1.59 bits per heavy atom. The lowest BCUT2D eigenvalue weighted by atomic mass is 9.94. The highest BCUT2D eigenvalue weighted by molar-refractivity contribution is 7.89. The minimum Gasteiger partial charge on any atom is -0.330 e. The summed E-state index contributed by atoms with van der Waals surface area (Å²) in [5, 5.41) is 0. The Kier molecular flexibility index (Phi) is 5.63. The van der Waals surface area contributed by atoms with Crippen LogP contribution in [-0.2, 0) is 10.0 Å². The number of nitrogens with zero attached hydrogens (tertiary/aromatic N) is 1. The van der Waals surface area contributed by atoms with E-state index in [1.165, 1.54) is 0 Å². The number of hydrogen-bond acceptors (Lipinski definition) is 3. The largest absolute Gasteiger partial charge is 0.330 e. The quantitative estimate of drug-likeness (QED) is 0.793. The van der Waals surface area contributed by atoms with Crippen molar-refractivity contribution in [1.82, 2.24) is 4.31 Å². The van der Waals surface area contributed by atoms with Gasteiger partial charge in [-0.05, 0) is 17.4 Å². The van der Waals surface area contributed by atoms with E-state index < -0.39 is 10.0 Å². The molecule has 0 bridgehead atoms. The van der Waals surface area contributed by atoms with Gasteiger partial charge >= 0.3 is 0 Å². The van der Waals surface area contributed by atoms with Gasteiger partial charge in [-0.3, -0.25) is 0 Å². The zero-order valence-electron chi connectivity index (χ0n) is 12.1. The maximum absolute atomic E-state index is 12.3. The number of rotatable bonds is 6. The van der Waals surface area contributed by atoms with Crippen molar-refractivity contribution < 1.29 is 8.42 Å². The molecule has 0 unspecified atom stereocenters. The summed E-state index contributed by atoms with van der Waals surface area (Å²) in [6, 6.07) is 0. The van der Waals surface area contributed by atoms with Gasteiger partial charge in [0.05, 0.1) is 5.75 Å². The van der Waals surface area contributed by atoms with Crippen LogP contribution in [0.3, 0.4) is 0 Å². The molecule has 0 spiro atoms. The molecule has 0 saturated heterocycles. The van der Waals surface area contributed by atoms with Gasteiger partial charge in [0.2, 0.25) is 10.0 Å². The average molecular weight is 264 g/mol. The van der Waals surface area contributed by atoms with Gasteiger partial charge in [-0.2, -0.15) is 0 Å². The minimum atomic E-state index is -3.20. The van der Waals surface area contributed by atoms with Crippen molar-refractivity contribution in [2.45, 2.75) is 41.5 Å². The number of nitrogens with two attached hydrogens (primary N) is 1. The van der Waals surface area contributed by atoms with Crippen molar-refractivity contribution in [3.8, 4) is 0 Å². The molecule has 0 aliphatic heterocycles. The summed E-state index contributed by atoms with van der Waals surface area (Å²) in [7, 11) is -3.20. The topological polar surface area (TPSA) is 63.4 Å². The third-order valence-electron chi connectivity index (χ3n) is 2.52. The Labute approximate surface area is 107 Å². The maximum atomic E-state index is 12.3. The smallest absolute Gasteiger partial charge is 0.214 e. The van der Waals surface area contributed by atoms with Gasteiger partial charge in [-0.15, -0.1) is 0 Å². The van der Waals surface area contributed by atoms with Crippen LogP contribution >= 0.6 is 0 Å². The Balaban J connectivity index is 4.89. The van der Waals surface area contributed by atoms with Crippen LogP contribution in [0.15, 0.2) is 0 Å². The van der Waals surface area contributed by atoms with Gasteiger partial charge in [0.25, 0.3) is 0 Å². The first-order chi connectivity index (χ1) is 7.43. The Morgan fingerprint density at radius 1 is 1.12 bits per heavy atom. The lowest BCUT2D eigenvalue weighted by Crippen LogP contribution is -2.44. The van der Waals surface area contributed by atoms with E-state index in [1.54, 1.807) is 4.31 Å². The molecule has 0 saturated carbocycles. The normalized spacial score (nSPS) is 14.4. The standard InChI is InChI=1S/C12H28N2O2S/c1-7-14(9-12(5,6)8-13)17(15,16)10-11(2,3)4/h7-10,13H2,1-6H3. The number of hydrogen-bond donors (Lipinski definition) is 1. The van der Waals surface area contributed by atoms with Crippen molar-refractivity contribution in [1.29, 1.82) is 0 Å². The molecule has 0 radical (unpaired) electrons. The van der Waals surface area contributed by atoms with Crippen LogP contribution in [0, 0.1) is 10.8 Å². The molecule has 0 atom stereocenters. The molecule has 0 rings (SSSR count). The zero-order valence-corrected chi connectivity index (χ0v) is 12.9. The van der Waals surface area contributed by atoms with E-state index in [4.69, 9.17) is 5.73 Å². The first-order valence-electron chi connectivity index (χ1n) is 6.11. The van der Waals surface area contributed by atoms with E-state index in [9.17, 15) is 8.42 Å². The van der Waals surface area contributed by atoms with E-state index in [2.05, 4.69) is 0 Å². The van der Waals surface area contributed by atoms with Gasteiger partial charge in [-0.25, -0.2) is 12.7 Å². The van der Waals surface area contributed by atoms with Crippen molar-refractivity contribution in [2.75, 3.05) is 25.4 Å². The van der Waals surface area contributed by atoms with Crippen LogP contribution in [0.5, 0.6) is 0 Å². The molecule has 0 aromatic carbocycles. The van der Waals surface area contributed by atoms with Gasteiger partial charge < -0.3 is 5.73 Å². The zero-order chi connectivity index (χ0) is 13.9. The minimum absolute atomic E-state index is 0.175. The van der Waals surface area contributed by atoms with E-state index in [0.717, 1.165) is 0 Å². The lowest BCUT2D eigenvalue weighted by Gasteiger charge is -2.32. The van der Waals surface area contributed by atoms with Crippen molar-refractivity contribution in [2.24, 2.45) is 16.6 Å². The number of sulfonamides is 1. The van der Waals surface area contributed by atoms with Gasteiger partial charge in [0.1, 0.15) is 0 Å². The summed E-state index contributed by atoms with van der Waals surface area (Å²) < 4.78 is 26.1. The second kappa shape index (κ2) is 5.67. The van der Waals surface area contributed by atoms with Crippen LogP contribution in [0.4, 0.5) is 0 Å². The molecule has 104 valence electrons. The third-order valence-corrected chi connectivity index (χ3v) is 4.92.